The summed E-state index contributed by atoms with van der Waals surface area (Å²) in [6.07, 6.45) is 2.55. The summed E-state index contributed by atoms with van der Waals surface area (Å²) >= 11 is 0. The highest BCUT2D eigenvalue weighted by Crippen LogP contribution is 2.23. The Kier molecular flexibility index (Phi) is 5.31. The molecule has 140 valence electrons. The zero-order valence-electron chi connectivity index (χ0n) is 14.9. The molecule has 1 aromatic heterocycles. The first-order chi connectivity index (χ1) is 12.4. The predicted molar refractivity (Wildman–Crippen MR) is 99.8 cm³/mol. The summed E-state index contributed by atoms with van der Waals surface area (Å²) in [5.41, 5.74) is 2.22. The number of aryl methyl sites for hydroxylation is 1. The number of hydrogen-bond donors (Lipinski definition) is 1. The molecule has 1 saturated heterocycles. The van der Waals surface area contributed by atoms with Gasteiger partial charge in [-0.1, -0.05) is 13.0 Å². The zero-order valence-corrected chi connectivity index (χ0v) is 15.8. The van der Waals surface area contributed by atoms with Crippen LogP contribution in [0.3, 0.4) is 0 Å². The SMILES string of the molecule is CCS(=O)(=O)C1CCN(C(=O)Nc2cccc(-c3nc(C)co3)c2)CC1. The number of aromatic nitrogens is 1. The standard InChI is InChI=1S/C18H23N3O4S/c1-3-26(23,24)16-7-9-21(10-8-16)18(22)20-15-6-4-5-14(11-15)17-19-13(2)12-25-17/h4-6,11-12,16H,3,7-10H2,1-2H3,(H,20,22). The van der Waals surface area contributed by atoms with Crippen molar-refractivity contribution >= 4 is 21.6 Å². The molecule has 1 aliphatic rings. The number of piperidine rings is 1. The molecule has 1 N–H and O–H groups in total. The van der Waals surface area contributed by atoms with Crippen LogP contribution in [0.15, 0.2) is 34.9 Å². The quantitative estimate of drug-likeness (QED) is 0.884. The maximum Gasteiger partial charge on any atom is 0.321 e. The first kappa shape index (κ1) is 18.4. The molecule has 0 aliphatic carbocycles. The van der Waals surface area contributed by atoms with Crippen LogP contribution in [0.2, 0.25) is 0 Å². The molecule has 1 fully saturated rings. The van der Waals surface area contributed by atoms with Crippen molar-refractivity contribution in [3.8, 4) is 11.5 Å². The van der Waals surface area contributed by atoms with E-state index < -0.39 is 9.84 Å². The number of anilines is 1. The largest absolute Gasteiger partial charge is 0.444 e. The molecule has 0 bridgehead atoms. The number of benzene rings is 1. The van der Waals surface area contributed by atoms with Gasteiger partial charge in [-0.15, -0.1) is 0 Å². The van der Waals surface area contributed by atoms with Crippen LogP contribution in [0.25, 0.3) is 11.5 Å². The fourth-order valence-corrected chi connectivity index (χ4v) is 4.47. The summed E-state index contributed by atoms with van der Waals surface area (Å²) in [6, 6.07) is 7.06. The number of likely N-dealkylation sites (tertiary alicyclic amines) is 1. The van der Waals surface area contributed by atoms with E-state index in [2.05, 4.69) is 10.3 Å². The number of carbonyl (C=O) groups is 1. The van der Waals surface area contributed by atoms with Gasteiger partial charge in [0.2, 0.25) is 5.89 Å². The number of amides is 2. The van der Waals surface area contributed by atoms with Crippen LogP contribution in [0.1, 0.15) is 25.5 Å². The van der Waals surface area contributed by atoms with Gasteiger partial charge in [0.1, 0.15) is 6.26 Å². The number of nitrogens with zero attached hydrogens (tertiary/aromatic N) is 2. The fraction of sp³-hybridized carbons (Fsp3) is 0.444. The van der Waals surface area contributed by atoms with Crippen molar-refractivity contribution in [1.29, 1.82) is 0 Å². The molecule has 0 radical (unpaired) electrons. The molecule has 8 heteroatoms. The Hall–Kier alpha value is -2.35. The first-order valence-electron chi connectivity index (χ1n) is 8.69. The van der Waals surface area contributed by atoms with Crippen LogP contribution >= 0.6 is 0 Å². The average Bonchev–Trinajstić information content (AvgIpc) is 3.08. The van der Waals surface area contributed by atoms with Crippen LogP contribution in [0.4, 0.5) is 10.5 Å². The lowest BCUT2D eigenvalue weighted by molar-refractivity contribution is 0.200. The van der Waals surface area contributed by atoms with E-state index in [-0.39, 0.29) is 17.0 Å². The summed E-state index contributed by atoms with van der Waals surface area (Å²) in [5.74, 6) is 0.654. The third kappa shape index (κ3) is 4.07. The third-order valence-corrected chi connectivity index (χ3v) is 6.91. The maximum absolute atomic E-state index is 12.5. The van der Waals surface area contributed by atoms with Crippen LogP contribution in [0.5, 0.6) is 0 Å². The zero-order chi connectivity index (χ0) is 18.7. The summed E-state index contributed by atoms with van der Waals surface area (Å²) < 4.78 is 29.3. The van der Waals surface area contributed by atoms with Crippen LogP contribution in [-0.4, -0.2) is 48.4 Å². The molecule has 1 aromatic carbocycles. The van der Waals surface area contributed by atoms with Crippen molar-refractivity contribution < 1.29 is 17.6 Å². The second-order valence-electron chi connectivity index (χ2n) is 6.44. The molecule has 3 rings (SSSR count). The molecular formula is C18H23N3O4S. The molecule has 0 unspecified atom stereocenters. The van der Waals surface area contributed by atoms with E-state index >= 15 is 0 Å². The highest BCUT2D eigenvalue weighted by molar-refractivity contribution is 7.92. The van der Waals surface area contributed by atoms with Crippen LogP contribution < -0.4 is 5.32 Å². The summed E-state index contributed by atoms with van der Waals surface area (Å²) in [4.78, 5) is 18.4. The topological polar surface area (TPSA) is 92.5 Å². The van der Waals surface area contributed by atoms with Gasteiger partial charge in [-0.3, -0.25) is 0 Å². The molecule has 2 heterocycles. The van der Waals surface area contributed by atoms with Gasteiger partial charge in [0, 0.05) is 30.1 Å². The third-order valence-electron chi connectivity index (χ3n) is 4.62. The lowest BCUT2D eigenvalue weighted by Gasteiger charge is -2.31. The van der Waals surface area contributed by atoms with Gasteiger partial charge in [0.15, 0.2) is 9.84 Å². The van der Waals surface area contributed by atoms with E-state index in [0.717, 1.165) is 11.3 Å². The van der Waals surface area contributed by atoms with Crippen molar-refractivity contribution in [2.75, 3.05) is 24.2 Å². The Labute approximate surface area is 153 Å². The molecule has 1 aliphatic heterocycles. The van der Waals surface area contributed by atoms with Crippen molar-refractivity contribution in [2.24, 2.45) is 0 Å². The van der Waals surface area contributed by atoms with Crippen LogP contribution in [-0.2, 0) is 9.84 Å². The van der Waals surface area contributed by atoms with E-state index in [9.17, 15) is 13.2 Å². The van der Waals surface area contributed by atoms with Gasteiger partial charge in [0.05, 0.1) is 10.9 Å². The van der Waals surface area contributed by atoms with Crippen LogP contribution in [0, 0.1) is 6.92 Å². The minimum absolute atomic E-state index is 0.150. The predicted octanol–water partition coefficient (Wildman–Crippen LogP) is 3.08. The summed E-state index contributed by atoms with van der Waals surface area (Å²) in [7, 11) is -3.04. The minimum atomic E-state index is -3.04. The Balaban J connectivity index is 1.62. The average molecular weight is 377 g/mol. The summed E-state index contributed by atoms with van der Waals surface area (Å²) in [5, 5.41) is 2.52. The first-order valence-corrected chi connectivity index (χ1v) is 10.4. The van der Waals surface area contributed by atoms with Gasteiger partial charge in [-0.2, -0.15) is 0 Å². The molecule has 7 nitrogen and oxygen atoms in total. The lowest BCUT2D eigenvalue weighted by Crippen LogP contribution is -2.44. The second-order valence-corrected chi connectivity index (χ2v) is 9.01. The van der Waals surface area contributed by atoms with Gasteiger partial charge < -0.3 is 14.6 Å². The van der Waals surface area contributed by atoms with Gasteiger partial charge in [-0.25, -0.2) is 18.2 Å². The minimum Gasteiger partial charge on any atom is -0.444 e. The Morgan fingerprint density at radius 1 is 1.35 bits per heavy atom. The van der Waals surface area contributed by atoms with E-state index in [0.29, 0.717) is 37.5 Å². The normalized spacial score (nSPS) is 15.8. The smallest absolute Gasteiger partial charge is 0.321 e. The number of oxazole rings is 1. The van der Waals surface area contributed by atoms with Crippen molar-refractivity contribution in [3.05, 3.63) is 36.2 Å². The number of hydrogen-bond acceptors (Lipinski definition) is 5. The number of sulfone groups is 1. The Bertz CT molecular complexity index is 883. The fourth-order valence-electron chi connectivity index (χ4n) is 3.07. The maximum atomic E-state index is 12.5. The van der Waals surface area contributed by atoms with Gasteiger partial charge in [0.25, 0.3) is 0 Å². The lowest BCUT2D eigenvalue weighted by atomic mass is 10.1. The highest BCUT2D eigenvalue weighted by atomic mass is 32.2. The van der Waals surface area contributed by atoms with Crippen molar-refractivity contribution in [3.63, 3.8) is 0 Å². The molecule has 0 saturated carbocycles. The number of nitrogens with one attached hydrogen (secondary N) is 1. The van der Waals surface area contributed by atoms with Gasteiger partial charge >= 0.3 is 6.03 Å². The molecule has 26 heavy (non-hydrogen) atoms. The van der Waals surface area contributed by atoms with E-state index in [1.807, 2.05) is 19.1 Å². The Morgan fingerprint density at radius 2 is 2.08 bits per heavy atom. The second kappa shape index (κ2) is 7.49. The molecule has 0 spiro atoms. The molecule has 2 aromatic rings. The summed E-state index contributed by atoms with van der Waals surface area (Å²) in [6.45, 7) is 4.39. The van der Waals surface area contributed by atoms with Crippen molar-refractivity contribution in [1.82, 2.24) is 9.88 Å². The molecule has 0 atom stereocenters. The van der Waals surface area contributed by atoms with E-state index in [4.69, 9.17) is 4.42 Å². The molecular weight excluding hydrogens is 354 g/mol. The monoisotopic (exact) mass is 377 g/mol. The van der Waals surface area contributed by atoms with Gasteiger partial charge in [-0.05, 0) is 38.0 Å². The number of urea groups is 1. The molecule has 2 amide bonds. The van der Waals surface area contributed by atoms with E-state index in [1.54, 1.807) is 30.2 Å². The number of rotatable bonds is 4. The Morgan fingerprint density at radius 3 is 2.69 bits per heavy atom. The van der Waals surface area contributed by atoms with Crippen molar-refractivity contribution in [2.45, 2.75) is 31.9 Å². The highest BCUT2D eigenvalue weighted by Gasteiger charge is 2.30. The number of carbonyl (C=O) groups excluding carboxylic acids is 1. The van der Waals surface area contributed by atoms with E-state index in [1.165, 1.54) is 0 Å².